The van der Waals surface area contributed by atoms with Gasteiger partial charge in [0.15, 0.2) is 0 Å². The topological polar surface area (TPSA) is 110 Å². The predicted molar refractivity (Wildman–Crippen MR) is 112 cm³/mol. The molecule has 3 N–H and O–H groups in total. The largest absolute Gasteiger partial charge is 0.491 e. The molecule has 0 aliphatic heterocycles. The lowest BCUT2D eigenvalue weighted by molar-refractivity contribution is -0.140. The summed E-state index contributed by atoms with van der Waals surface area (Å²) in [6.07, 6.45) is 1.71. The van der Waals surface area contributed by atoms with E-state index in [1.54, 1.807) is 16.9 Å². The third kappa shape index (κ3) is 5.22. The second kappa shape index (κ2) is 10.00. The Kier molecular flexibility index (Phi) is 6.68. The molecule has 0 radical (unpaired) electrons. The summed E-state index contributed by atoms with van der Waals surface area (Å²) < 4.78 is 15.6. The Hall–Kier alpha value is -3.23. The Morgan fingerprint density at radius 2 is 2.07 bits per heavy atom. The Labute approximate surface area is 176 Å². The minimum absolute atomic E-state index is 0.188. The monoisotopic (exact) mass is 411 g/mol. The number of nitrogens with one attached hydrogen (secondary N) is 1. The number of hydrogen-bond donors (Lipinski definition) is 3. The second-order valence-corrected chi connectivity index (χ2v) is 6.91. The number of aliphatic carboxylic acids is 1. The van der Waals surface area contributed by atoms with Crippen molar-refractivity contribution in [1.82, 2.24) is 20.3 Å². The lowest BCUT2D eigenvalue weighted by Crippen LogP contribution is -2.39. The normalized spacial score (nSPS) is 12.4. The van der Waals surface area contributed by atoms with Gasteiger partial charge < -0.3 is 14.9 Å². The van der Waals surface area contributed by atoms with E-state index >= 15 is 0 Å². The molecule has 1 heterocycles. The number of ether oxygens (including phenoxy) is 1. The number of rotatable bonds is 10. The van der Waals surface area contributed by atoms with Gasteiger partial charge in [-0.15, -0.1) is 5.10 Å². The number of nitrogens with zero attached hydrogens (tertiary/aromatic N) is 3. The molecule has 1 atom stereocenters. The number of aliphatic hydroxyl groups excluding tert-OH is 1. The van der Waals surface area contributed by atoms with Gasteiger partial charge in [-0.25, -0.2) is 4.68 Å². The molecule has 3 aromatic rings. The molecule has 0 bridgehead atoms. The molecular formula is C22H26N4O4. The van der Waals surface area contributed by atoms with E-state index in [1.807, 2.05) is 44.2 Å². The van der Waals surface area contributed by atoms with E-state index in [2.05, 4.69) is 15.6 Å². The zero-order valence-electron chi connectivity index (χ0n) is 18.0. The molecule has 0 saturated heterocycles. The van der Waals surface area contributed by atoms with Crippen molar-refractivity contribution in [1.29, 1.82) is 0 Å². The summed E-state index contributed by atoms with van der Waals surface area (Å²) >= 11 is 0. The molecule has 0 saturated carbocycles. The van der Waals surface area contributed by atoms with Crippen LogP contribution in [0.4, 0.5) is 0 Å². The van der Waals surface area contributed by atoms with Crippen molar-refractivity contribution < 1.29 is 21.1 Å². The molecule has 2 aromatic carbocycles. The number of carbonyl (C=O) groups is 1. The van der Waals surface area contributed by atoms with Crippen LogP contribution >= 0.6 is 0 Å². The molecule has 1 unspecified atom stereocenters. The minimum atomic E-state index is -1.12. The second-order valence-electron chi connectivity index (χ2n) is 6.91. The van der Waals surface area contributed by atoms with Gasteiger partial charge in [0, 0.05) is 12.7 Å². The van der Waals surface area contributed by atoms with Gasteiger partial charge in [0.2, 0.25) is 0 Å². The summed E-state index contributed by atoms with van der Waals surface area (Å²) in [4.78, 5) is 10.9. The predicted octanol–water partition coefficient (Wildman–Crippen LogP) is 2.18. The van der Waals surface area contributed by atoms with Crippen molar-refractivity contribution >= 4 is 5.97 Å². The Morgan fingerprint density at radius 1 is 1.27 bits per heavy atom. The van der Waals surface area contributed by atoms with Crippen molar-refractivity contribution in [2.45, 2.75) is 33.0 Å². The van der Waals surface area contributed by atoms with Crippen LogP contribution in [0.5, 0.6) is 5.75 Å². The van der Waals surface area contributed by atoms with Crippen molar-refractivity contribution in [2.75, 3.05) is 13.2 Å². The van der Waals surface area contributed by atoms with Crippen LogP contribution in [0.25, 0.3) is 11.1 Å². The third-order valence-corrected chi connectivity index (χ3v) is 4.81. The van der Waals surface area contributed by atoms with Gasteiger partial charge >= 0.3 is 5.97 Å². The molecule has 8 nitrogen and oxygen atoms in total. The van der Waals surface area contributed by atoms with Gasteiger partial charge in [-0.1, -0.05) is 41.6 Å². The lowest BCUT2D eigenvalue weighted by Gasteiger charge is -2.14. The van der Waals surface area contributed by atoms with Gasteiger partial charge in [-0.2, -0.15) is 0 Å². The highest BCUT2D eigenvalue weighted by atomic mass is 16.5. The number of carboxylic acids is 1. The minimum Gasteiger partial charge on any atom is -0.491 e. The van der Waals surface area contributed by atoms with Crippen LogP contribution in [0.1, 0.15) is 18.2 Å². The number of carboxylic acid groups (broad SMARTS) is 1. The van der Waals surface area contributed by atoms with Crippen LogP contribution in [0.3, 0.4) is 0 Å². The molecule has 3 rings (SSSR count). The molecule has 0 fully saturated rings. The molecule has 0 aliphatic rings. The number of aliphatic hydroxyl groups is 1. The van der Waals surface area contributed by atoms with Crippen molar-refractivity contribution in [2.24, 2.45) is 0 Å². The molecule has 30 heavy (non-hydrogen) atoms. The molecule has 1 aromatic heterocycles. The summed E-state index contributed by atoms with van der Waals surface area (Å²) in [6.45, 7) is 4.49. The quantitative estimate of drug-likeness (QED) is 0.469. The van der Waals surface area contributed by atoms with Crippen LogP contribution in [-0.2, 0) is 17.9 Å². The Bertz CT molecular complexity index is 1050. The van der Waals surface area contributed by atoms with E-state index in [9.17, 15) is 4.79 Å². The molecule has 158 valence electrons. The maximum Gasteiger partial charge on any atom is 0.323 e. The van der Waals surface area contributed by atoms with Crippen molar-refractivity contribution in [3.63, 3.8) is 0 Å². The average Bonchev–Trinajstić information content (AvgIpc) is 3.19. The van der Waals surface area contributed by atoms with E-state index in [1.165, 1.54) is 0 Å². The fourth-order valence-corrected chi connectivity index (χ4v) is 3.11. The first-order valence-electron chi connectivity index (χ1n) is 10.2. The summed E-state index contributed by atoms with van der Waals surface area (Å²) in [7, 11) is 0. The first kappa shape index (κ1) is 20.1. The van der Waals surface area contributed by atoms with E-state index in [4.69, 9.17) is 16.3 Å². The zero-order chi connectivity index (χ0) is 22.4. The number of aromatic nitrogens is 3. The van der Waals surface area contributed by atoms with Crippen LogP contribution in [-0.4, -0.2) is 50.4 Å². The third-order valence-electron chi connectivity index (χ3n) is 4.81. The standard InChI is InChI=1S/C22H26N4O4/c1-15-6-3-4-7-18(15)19-8-5-9-21(16(19)2)30-11-10-26-13-17(24-25-26)12-23-20(14-27)22(28)29/h3-9,13,20,23,27H,10-12,14H2,1-2H3,(H,28,29)/i6D. The van der Waals surface area contributed by atoms with Crippen LogP contribution < -0.4 is 10.1 Å². The van der Waals surface area contributed by atoms with Gasteiger partial charge in [0.25, 0.3) is 0 Å². The van der Waals surface area contributed by atoms with Gasteiger partial charge in [-0.3, -0.25) is 10.1 Å². The van der Waals surface area contributed by atoms with Crippen LogP contribution in [0.2, 0.25) is 0 Å². The highest BCUT2D eigenvalue weighted by molar-refractivity contribution is 5.73. The van der Waals surface area contributed by atoms with Crippen molar-refractivity contribution in [3.8, 4) is 16.9 Å². The summed E-state index contributed by atoms with van der Waals surface area (Å²) in [5.74, 6) is -0.355. The summed E-state index contributed by atoms with van der Waals surface area (Å²) in [6, 6.07) is 11.0. The zero-order valence-corrected chi connectivity index (χ0v) is 17.0. The van der Waals surface area contributed by atoms with E-state index in [0.29, 0.717) is 24.9 Å². The molecular weight excluding hydrogens is 384 g/mol. The molecule has 0 amide bonds. The van der Waals surface area contributed by atoms with Crippen LogP contribution in [0.15, 0.2) is 48.6 Å². The highest BCUT2D eigenvalue weighted by Crippen LogP contribution is 2.31. The average molecular weight is 411 g/mol. The van der Waals surface area contributed by atoms with Gasteiger partial charge in [0.1, 0.15) is 18.4 Å². The summed E-state index contributed by atoms with van der Waals surface area (Å²) in [5.41, 5.74) is 4.56. The first-order valence-corrected chi connectivity index (χ1v) is 9.65. The molecule has 0 spiro atoms. The van der Waals surface area contributed by atoms with E-state index < -0.39 is 18.6 Å². The number of benzene rings is 2. The van der Waals surface area contributed by atoms with E-state index in [0.717, 1.165) is 28.0 Å². The first-order chi connectivity index (χ1) is 14.9. The SMILES string of the molecule is [2H]c1cccc(-c2cccc(OCCn3cc(CNC(CO)C(=O)O)nn3)c2C)c1C. The maximum atomic E-state index is 10.9. The van der Waals surface area contributed by atoms with Crippen LogP contribution in [0, 0.1) is 13.8 Å². The Morgan fingerprint density at radius 3 is 2.83 bits per heavy atom. The highest BCUT2D eigenvalue weighted by Gasteiger charge is 2.15. The Balaban J connectivity index is 1.60. The smallest absolute Gasteiger partial charge is 0.323 e. The maximum absolute atomic E-state index is 10.9. The lowest BCUT2D eigenvalue weighted by atomic mass is 9.96. The number of hydrogen-bond acceptors (Lipinski definition) is 6. The molecule has 8 heteroatoms. The molecule has 0 aliphatic carbocycles. The fraction of sp³-hybridized carbons (Fsp3) is 0.318. The van der Waals surface area contributed by atoms with Gasteiger partial charge in [-0.05, 0) is 42.2 Å². The van der Waals surface area contributed by atoms with Gasteiger partial charge in [0.05, 0.1) is 20.2 Å². The van der Waals surface area contributed by atoms with E-state index in [-0.39, 0.29) is 6.54 Å². The van der Waals surface area contributed by atoms with Crippen molar-refractivity contribution in [3.05, 3.63) is 65.5 Å². The summed E-state index contributed by atoms with van der Waals surface area (Å²) in [5, 5.41) is 28.7. The fourth-order valence-electron chi connectivity index (χ4n) is 3.11.